The molecule has 0 aliphatic heterocycles. The van der Waals surface area contributed by atoms with E-state index in [1.54, 1.807) is 0 Å². The molecule has 0 amide bonds. The SMILES string of the molecule is CC(c1ccccc1CCO[Si](C)(C)C(C)(C)C)C(C)(C#N)c1ccccc1. The number of rotatable bonds is 7. The second-order valence-electron chi connectivity index (χ2n) is 9.46. The zero-order valence-corrected chi connectivity index (χ0v) is 19.5. The van der Waals surface area contributed by atoms with E-state index in [9.17, 15) is 5.26 Å². The predicted molar refractivity (Wildman–Crippen MR) is 121 cm³/mol. The van der Waals surface area contributed by atoms with Gasteiger partial charge in [-0.2, -0.15) is 5.26 Å². The van der Waals surface area contributed by atoms with Crippen molar-refractivity contribution in [2.45, 2.75) is 70.5 Å². The summed E-state index contributed by atoms with van der Waals surface area (Å²) in [6.07, 6.45) is 0.878. The number of hydrogen-bond acceptors (Lipinski definition) is 2. The molecule has 2 aromatic rings. The Morgan fingerprint density at radius 1 is 0.964 bits per heavy atom. The highest BCUT2D eigenvalue weighted by atomic mass is 28.4. The Balaban J connectivity index is 2.25. The zero-order valence-electron chi connectivity index (χ0n) is 18.5. The van der Waals surface area contributed by atoms with E-state index in [0.717, 1.165) is 18.6 Å². The van der Waals surface area contributed by atoms with E-state index in [2.05, 4.69) is 90.2 Å². The van der Waals surface area contributed by atoms with Crippen LogP contribution in [0.15, 0.2) is 54.6 Å². The molecule has 0 fully saturated rings. The first-order valence-electron chi connectivity index (χ1n) is 10.2. The number of benzene rings is 2. The van der Waals surface area contributed by atoms with Gasteiger partial charge >= 0.3 is 0 Å². The minimum atomic E-state index is -1.75. The molecular weight excluding hydrogens is 358 g/mol. The number of hydrogen-bond donors (Lipinski definition) is 0. The van der Waals surface area contributed by atoms with Crippen LogP contribution in [-0.4, -0.2) is 14.9 Å². The van der Waals surface area contributed by atoms with Crippen LogP contribution in [0, 0.1) is 11.3 Å². The molecule has 2 nitrogen and oxygen atoms in total. The molecule has 0 spiro atoms. The van der Waals surface area contributed by atoms with Gasteiger partial charge in [0.1, 0.15) is 0 Å². The third-order valence-corrected chi connectivity index (χ3v) is 11.2. The van der Waals surface area contributed by atoms with E-state index < -0.39 is 13.7 Å². The monoisotopic (exact) mass is 393 g/mol. The maximum atomic E-state index is 10.1. The lowest BCUT2D eigenvalue weighted by Gasteiger charge is -2.36. The van der Waals surface area contributed by atoms with E-state index in [-0.39, 0.29) is 11.0 Å². The van der Waals surface area contributed by atoms with E-state index in [0.29, 0.717) is 0 Å². The largest absolute Gasteiger partial charge is 0.416 e. The highest BCUT2D eigenvalue weighted by molar-refractivity contribution is 6.74. The Kier molecular flexibility index (Phi) is 6.91. The topological polar surface area (TPSA) is 33.0 Å². The van der Waals surface area contributed by atoms with Crippen molar-refractivity contribution in [3.8, 4) is 6.07 Å². The van der Waals surface area contributed by atoms with Crippen molar-refractivity contribution in [1.82, 2.24) is 0 Å². The molecule has 2 unspecified atom stereocenters. The van der Waals surface area contributed by atoms with Crippen LogP contribution >= 0.6 is 0 Å². The van der Waals surface area contributed by atoms with Crippen molar-refractivity contribution in [2.24, 2.45) is 0 Å². The van der Waals surface area contributed by atoms with Crippen LogP contribution in [0.5, 0.6) is 0 Å². The van der Waals surface area contributed by atoms with Crippen LogP contribution in [0.3, 0.4) is 0 Å². The number of nitrogens with zero attached hydrogens (tertiary/aromatic N) is 1. The summed E-state index contributed by atoms with van der Waals surface area (Å²) in [5, 5.41) is 10.3. The summed E-state index contributed by atoms with van der Waals surface area (Å²) in [6.45, 7) is 16.4. The molecule has 0 saturated carbocycles. The molecule has 0 N–H and O–H groups in total. The lowest BCUT2D eigenvalue weighted by molar-refractivity contribution is 0.291. The predicted octanol–water partition coefficient (Wildman–Crippen LogP) is 6.84. The van der Waals surface area contributed by atoms with Crippen LogP contribution in [0.2, 0.25) is 18.1 Å². The molecule has 0 aliphatic carbocycles. The van der Waals surface area contributed by atoms with Gasteiger partial charge in [-0.15, -0.1) is 0 Å². The lowest BCUT2D eigenvalue weighted by atomic mass is 9.70. The van der Waals surface area contributed by atoms with Gasteiger partial charge in [-0.25, -0.2) is 0 Å². The van der Waals surface area contributed by atoms with Crippen molar-refractivity contribution in [1.29, 1.82) is 5.26 Å². The Bertz CT molecular complexity index is 816. The first kappa shape index (κ1) is 22.4. The van der Waals surface area contributed by atoms with Crippen molar-refractivity contribution >= 4 is 8.32 Å². The summed E-state index contributed by atoms with van der Waals surface area (Å²) in [7, 11) is -1.75. The summed E-state index contributed by atoms with van der Waals surface area (Å²) in [5.41, 5.74) is 3.02. The Morgan fingerprint density at radius 3 is 2.11 bits per heavy atom. The average molecular weight is 394 g/mol. The molecule has 3 heteroatoms. The van der Waals surface area contributed by atoms with Gasteiger partial charge in [-0.1, -0.05) is 82.3 Å². The average Bonchev–Trinajstić information content (AvgIpc) is 2.67. The summed E-state index contributed by atoms with van der Waals surface area (Å²) in [5.74, 6) is 0.0870. The standard InChI is InChI=1S/C25H35NOSi/c1-20(25(5,19-26)22-14-9-8-10-15-22)23-16-12-11-13-21(23)17-18-27-28(6,7)24(2,3)4/h8-16,20H,17-18H2,1-7H3. The van der Waals surface area contributed by atoms with E-state index >= 15 is 0 Å². The first-order chi connectivity index (χ1) is 13.0. The summed E-state index contributed by atoms with van der Waals surface area (Å²) in [6, 6.07) is 21.3. The second kappa shape index (κ2) is 8.63. The fourth-order valence-corrected chi connectivity index (χ4v) is 4.37. The summed E-state index contributed by atoms with van der Waals surface area (Å²) in [4.78, 5) is 0. The van der Waals surface area contributed by atoms with E-state index in [1.165, 1.54) is 11.1 Å². The number of nitriles is 1. The molecule has 0 saturated heterocycles. The minimum absolute atomic E-state index is 0.0870. The molecule has 150 valence electrons. The Hall–Kier alpha value is -1.89. The zero-order chi connectivity index (χ0) is 21.0. The molecule has 2 rings (SSSR count). The molecule has 0 aliphatic rings. The first-order valence-corrected chi connectivity index (χ1v) is 13.1. The van der Waals surface area contributed by atoms with E-state index in [4.69, 9.17) is 4.43 Å². The highest BCUT2D eigenvalue weighted by Gasteiger charge is 2.37. The van der Waals surface area contributed by atoms with Crippen LogP contribution in [-0.2, 0) is 16.3 Å². The van der Waals surface area contributed by atoms with Crippen molar-refractivity contribution in [2.75, 3.05) is 6.61 Å². The molecule has 2 atom stereocenters. The van der Waals surface area contributed by atoms with Gasteiger partial charge in [0.2, 0.25) is 0 Å². The Labute approximate surface area is 172 Å². The smallest absolute Gasteiger partial charge is 0.191 e. The lowest BCUT2D eigenvalue weighted by Crippen LogP contribution is -2.41. The quantitative estimate of drug-likeness (QED) is 0.483. The van der Waals surface area contributed by atoms with Gasteiger partial charge in [-0.3, -0.25) is 0 Å². The molecule has 0 aromatic heterocycles. The fourth-order valence-electron chi connectivity index (χ4n) is 3.32. The molecule has 28 heavy (non-hydrogen) atoms. The molecule has 0 heterocycles. The fraction of sp³-hybridized carbons (Fsp3) is 0.480. The van der Waals surface area contributed by atoms with Crippen LogP contribution in [0.1, 0.15) is 57.2 Å². The Morgan fingerprint density at radius 2 is 1.54 bits per heavy atom. The van der Waals surface area contributed by atoms with E-state index in [1.807, 2.05) is 18.2 Å². The van der Waals surface area contributed by atoms with Crippen molar-refractivity contribution in [3.63, 3.8) is 0 Å². The third kappa shape index (κ3) is 4.74. The van der Waals surface area contributed by atoms with Gasteiger partial charge in [0, 0.05) is 12.5 Å². The molecule has 2 aromatic carbocycles. The highest BCUT2D eigenvalue weighted by Crippen LogP contribution is 2.40. The van der Waals surface area contributed by atoms with Crippen LogP contribution in [0.25, 0.3) is 0 Å². The molecular formula is C25H35NOSi. The molecule has 0 bridgehead atoms. The van der Waals surface area contributed by atoms with Gasteiger partial charge in [0.25, 0.3) is 0 Å². The van der Waals surface area contributed by atoms with Gasteiger partial charge < -0.3 is 4.43 Å². The third-order valence-electron chi connectivity index (χ3n) is 6.63. The van der Waals surface area contributed by atoms with Crippen molar-refractivity contribution < 1.29 is 4.43 Å². The van der Waals surface area contributed by atoms with Gasteiger partial charge in [0.05, 0.1) is 11.5 Å². The van der Waals surface area contributed by atoms with Crippen LogP contribution in [0.4, 0.5) is 0 Å². The second-order valence-corrected chi connectivity index (χ2v) is 14.3. The van der Waals surface area contributed by atoms with Crippen molar-refractivity contribution in [3.05, 3.63) is 71.3 Å². The molecule has 0 radical (unpaired) electrons. The van der Waals surface area contributed by atoms with Gasteiger partial charge in [-0.05, 0) is 48.2 Å². The minimum Gasteiger partial charge on any atom is -0.416 e. The van der Waals surface area contributed by atoms with Gasteiger partial charge in [0.15, 0.2) is 8.32 Å². The summed E-state index contributed by atoms with van der Waals surface area (Å²) < 4.78 is 6.40. The summed E-state index contributed by atoms with van der Waals surface area (Å²) >= 11 is 0. The van der Waals surface area contributed by atoms with Crippen LogP contribution < -0.4 is 0 Å². The maximum absolute atomic E-state index is 10.1. The maximum Gasteiger partial charge on any atom is 0.191 e. The normalized spacial score (nSPS) is 15.5.